The number of hydrogen-bond donors (Lipinski definition) is 3. The molecule has 0 aliphatic rings. The second-order valence-electron chi connectivity index (χ2n) is 4.88. The Bertz CT molecular complexity index is 469. The van der Waals surface area contributed by atoms with E-state index in [0.29, 0.717) is 25.8 Å². The molecular formula is C15H22F2N2O2. The van der Waals surface area contributed by atoms with Gasteiger partial charge in [-0.2, -0.15) is 0 Å². The molecule has 0 spiro atoms. The largest absolute Gasteiger partial charge is 0.393 e. The third kappa shape index (κ3) is 5.67. The Morgan fingerprint density at radius 3 is 2.62 bits per heavy atom. The van der Waals surface area contributed by atoms with Crippen molar-refractivity contribution in [1.29, 1.82) is 0 Å². The lowest BCUT2D eigenvalue weighted by molar-refractivity contribution is 0.160. The van der Waals surface area contributed by atoms with Gasteiger partial charge in [0.2, 0.25) is 0 Å². The maximum atomic E-state index is 13.7. The number of hydrogen-bond acceptors (Lipinski definition) is 2. The van der Waals surface area contributed by atoms with E-state index >= 15 is 0 Å². The predicted molar refractivity (Wildman–Crippen MR) is 76.8 cm³/mol. The van der Waals surface area contributed by atoms with Crippen molar-refractivity contribution in [2.45, 2.75) is 45.3 Å². The zero-order valence-corrected chi connectivity index (χ0v) is 12.3. The average molecular weight is 300 g/mol. The summed E-state index contributed by atoms with van der Waals surface area (Å²) in [6.07, 6.45) is 1.06. The number of halogens is 2. The van der Waals surface area contributed by atoms with Gasteiger partial charge in [-0.25, -0.2) is 13.6 Å². The maximum Gasteiger partial charge on any atom is 0.315 e. The summed E-state index contributed by atoms with van der Waals surface area (Å²) in [4.78, 5) is 11.7. The zero-order chi connectivity index (χ0) is 15.8. The number of carbonyl (C=O) groups is 1. The molecular weight excluding hydrogens is 278 g/mol. The van der Waals surface area contributed by atoms with Crippen molar-refractivity contribution in [1.82, 2.24) is 10.6 Å². The van der Waals surface area contributed by atoms with E-state index in [1.807, 2.05) is 6.92 Å². The average Bonchev–Trinajstić information content (AvgIpc) is 2.47. The first-order valence-electron chi connectivity index (χ1n) is 7.15. The van der Waals surface area contributed by atoms with Crippen LogP contribution in [0.3, 0.4) is 0 Å². The van der Waals surface area contributed by atoms with Crippen molar-refractivity contribution in [2.24, 2.45) is 0 Å². The third-order valence-corrected chi connectivity index (χ3v) is 3.28. The molecule has 118 valence electrons. The number of aliphatic hydroxyl groups excluding tert-OH is 1. The molecule has 4 nitrogen and oxygen atoms in total. The smallest absolute Gasteiger partial charge is 0.315 e. The molecule has 0 aliphatic carbocycles. The van der Waals surface area contributed by atoms with Gasteiger partial charge >= 0.3 is 6.03 Å². The predicted octanol–water partition coefficient (Wildman–Crippen LogP) is 2.88. The highest BCUT2D eigenvalue weighted by Gasteiger charge is 2.17. The Kier molecular flexibility index (Phi) is 7.08. The fraction of sp³-hybridized carbons (Fsp3) is 0.533. The number of aliphatic hydroxyl groups is 1. The van der Waals surface area contributed by atoms with Crippen LogP contribution in [0.4, 0.5) is 13.6 Å². The van der Waals surface area contributed by atoms with Crippen molar-refractivity contribution in [3.05, 3.63) is 35.4 Å². The minimum Gasteiger partial charge on any atom is -0.393 e. The van der Waals surface area contributed by atoms with Gasteiger partial charge in [-0.15, -0.1) is 0 Å². The van der Waals surface area contributed by atoms with Crippen LogP contribution in [0.5, 0.6) is 0 Å². The molecule has 0 radical (unpaired) electrons. The highest BCUT2D eigenvalue weighted by atomic mass is 19.1. The summed E-state index contributed by atoms with van der Waals surface area (Å²) < 4.78 is 26.9. The molecule has 1 aromatic carbocycles. The molecule has 0 saturated carbocycles. The van der Waals surface area contributed by atoms with Crippen molar-refractivity contribution < 1.29 is 18.7 Å². The Labute approximate surface area is 123 Å². The van der Waals surface area contributed by atoms with Crippen LogP contribution in [0.2, 0.25) is 0 Å². The van der Waals surface area contributed by atoms with E-state index in [1.165, 1.54) is 0 Å². The second-order valence-corrected chi connectivity index (χ2v) is 4.88. The Morgan fingerprint density at radius 1 is 1.29 bits per heavy atom. The molecule has 0 bridgehead atoms. The summed E-state index contributed by atoms with van der Waals surface area (Å²) in [5.41, 5.74) is 0.126. The number of urea groups is 1. The number of amides is 2. The topological polar surface area (TPSA) is 61.4 Å². The Morgan fingerprint density at radius 2 is 2.00 bits per heavy atom. The number of rotatable bonds is 7. The first kappa shape index (κ1) is 17.4. The molecule has 0 aromatic heterocycles. The molecule has 0 aliphatic heterocycles. The van der Waals surface area contributed by atoms with Crippen LogP contribution in [0.1, 0.15) is 44.7 Å². The van der Waals surface area contributed by atoms with E-state index in [0.717, 1.165) is 18.2 Å². The summed E-state index contributed by atoms with van der Waals surface area (Å²) in [5, 5.41) is 14.6. The van der Waals surface area contributed by atoms with Crippen LogP contribution in [0.15, 0.2) is 18.2 Å². The number of benzene rings is 1. The summed E-state index contributed by atoms with van der Waals surface area (Å²) in [6.45, 7) is 3.95. The number of carbonyl (C=O) groups excluding carboxylic acids is 1. The maximum absolute atomic E-state index is 13.7. The molecule has 6 heteroatoms. The van der Waals surface area contributed by atoms with Crippen LogP contribution in [-0.2, 0) is 0 Å². The van der Waals surface area contributed by atoms with Crippen molar-refractivity contribution in [3.63, 3.8) is 0 Å². The Balaban J connectivity index is 2.57. The molecule has 2 atom stereocenters. The lowest BCUT2D eigenvalue weighted by Crippen LogP contribution is -2.39. The first-order valence-corrected chi connectivity index (χ1v) is 7.15. The van der Waals surface area contributed by atoms with E-state index in [1.54, 1.807) is 6.92 Å². The molecule has 1 rings (SSSR count). The van der Waals surface area contributed by atoms with Gasteiger partial charge < -0.3 is 15.7 Å². The van der Waals surface area contributed by atoms with Gasteiger partial charge in [-0.3, -0.25) is 0 Å². The molecule has 2 unspecified atom stereocenters. The van der Waals surface area contributed by atoms with Crippen LogP contribution >= 0.6 is 0 Å². The lowest BCUT2D eigenvalue weighted by atomic mass is 10.0. The van der Waals surface area contributed by atoms with Gasteiger partial charge in [0.25, 0.3) is 0 Å². The minimum atomic E-state index is -0.600. The Hall–Kier alpha value is -1.69. The fourth-order valence-electron chi connectivity index (χ4n) is 1.95. The summed E-state index contributed by atoms with van der Waals surface area (Å²) in [6, 6.07) is 2.11. The SMILES string of the molecule is CCC(O)CCNC(=O)NC(CC)c1cc(F)ccc1F. The molecule has 21 heavy (non-hydrogen) atoms. The molecule has 0 fully saturated rings. The second kappa shape index (κ2) is 8.56. The first-order chi connectivity index (χ1) is 9.97. The number of nitrogens with one attached hydrogen (secondary N) is 2. The summed E-state index contributed by atoms with van der Waals surface area (Å²) in [7, 11) is 0. The molecule has 0 heterocycles. The highest BCUT2D eigenvalue weighted by molar-refractivity contribution is 5.74. The zero-order valence-electron chi connectivity index (χ0n) is 12.3. The lowest BCUT2D eigenvalue weighted by Gasteiger charge is -2.19. The van der Waals surface area contributed by atoms with E-state index < -0.39 is 29.8 Å². The van der Waals surface area contributed by atoms with E-state index in [2.05, 4.69) is 10.6 Å². The van der Waals surface area contributed by atoms with Gasteiger partial charge in [0, 0.05) is 12.1 Å². The minimum absolute atomic E-state index is 0.126. The van der Waals surface area contributed by atoms with Gasteiger partial charge in [-0.05, 0) is 37.5 Å². The van der Waals surface area contributed by atoms with Crippen LogP contribution in [0, 0.1) is 11.6 Å². The van der Waals surface area contributed by atoms with Gasteiger partial charge in [0.1, 0.15) is 11.6 Å². The van der Waals surface area contributed by atoms with Gasteiger partial charge in [0.15, 0.2) is 0 Å². The molecule has 1 aromatic rings. The van der Waals surface area contributed by atoms with E-state index in [-0.39, 0.29) is 5.56 Å². The van der Waals surface area contributed by atoms with Crippen LogP contribution < -0.4 is 10.6 Å². The molecule has 3 N–H and O–H groups in total. The van der Waals surface area contributed by atoms with E-state index in [4.69, 9.17) is 0 Å². The fourth-order valence-corrected chi connectivity index (χ4v) is 1.95. The highest BCUT2D eigenvalue weighted by Crippen LogP contribution is 2.21. The third-order valence-electron chi connectivity index (χ3n) is 3.28. The van der Waals surface area contributed by atoms with Gasteiger partial charge in [0.05, 0.1) is 12.1 Å². The van der Waals surface area contributed by atoms with Crippen LogP contribution in [-0.4, -0.2) is 23.8 Å². The monoisotopic (exact) mass is 300 g/mol. The van der Waals surface area contributed by atoms with Gasteiger partial charge in [-0.1, -0.05) is 13.8 Å². The standard InChI is InChI=1S/C15H22F2N2O2/c1-3-11(20)7-8-18-15(21)19-14(4-2)12-9-10(16)5-6-13(12)17/h5-6,9,11,14,20H,3-4,7-8H2,1-2H3,(H2,18,19,21). The molecule has 2 amide bonds. The quantitative estimate of drug-likeness (QED) is 0.725. The molecule has 0 saturated heterocycles. The van der Waals surface area contributed by atoms with Crippen molar-refractivity contribution in [3.8, 4) is 0 Å². The summed E-state index contributed by atoms with van der Waals surface area (Å²) >= 11 is 0. The van der Waals surface area contributed by atoms with Crippen molar-refractivity contribution >= 4 is 6.03 Å². The summed E-state index contributed by atoms with van der Waals surface area (Å²) in [5.74, 6) is -1.09. The van der Waals surface area contributed by atoms with Crippen molar-refractivity contribution in [2.75, 3.05) is 6.54 Å². The van der Waals surface area contributed by atoms with Crippen LogP contribution in [0.25, 0.3) is 0 Å². The van der Waals surface area contributed by atoms with E-state index in [9.17, 15) is 18.7 Å². The normalized spacial score (nSPS) is 13.6.